The molecule has 0 unspecified atom stereocenters. The average molecular weight is 190 g/mol. The molecule has 1 N–H and O–H groups in total. The van der Waals surface area contributed by atoms with Gasteiger partial charge < -0.3 is 5.32 Å². The molecule has 0 aromatic rings. The van der Waals surface area contributed by atoms with Crippen LogP contribution >= 0.6 is 11.6 Å². The topological polar surface area (TPSA) is 29.1 Å². The van der Waals surface area contributed by atoms with Gasteiger partial charge in [0.15, 0.2) is 0 Å². The first-order chi connectivity index (χ1) is 5.59. The van der Waals surface area contributed by atoms with Gasteiger partial charge in [-0.1, -0.05) is 6.92 Å². The molecule has 1 amide bonds. The summed E-state index contributed by atoms with van der Waals surface area (Å²) < 4.78 is 0. The summed E-state index contributed by atoms with van der Waals surface area (Å²) in [6, 6.07) is 0.291. The van der Waals surface area contributed by atoms with Crippen LogP contribution in [0.25, 0.3) is 0 Å². The smallest absolute Gasteiger partial charge is 0.217 e. The lowest BCUT2D eigenvalue weighted by atomic mass is 9.85. The monoisotopic (exact) mass is 189 g/mol. The van der Waals surface area contributed by atoms with E-state index in [1.54, 1.807) is 6.92 Å². The maximum atomic E-state index is 10.8. The van der Waals surface area contributed by atoms with E-state index in [0.29, 0.717) is 12.0 Å². The fourth-order valence-electron chi connectivity index (χ4n) is 1.73. The zero-order valence-corrected chi connectivity index (χ0v) is 8.40. The summed E-state index contributed by atoms with van der Waals surface area (Å²) in [6.07, 6.45) is 3.13. The summed E-state index contributed by atoms with van der Waals surface area (Å²) in [6.45, 7) is 3.73. The molecule has 0 radical (unpaired) electrons. The Bertz CT molecular complexity index is 172. The van der Waals surface area contributed by atoms with Crippen molar-refractivity contribution in [2.24, 2.45) is 5.92 Å². The quantitative estimate of drug-likeness (QED) is 0.628. The highest BCUT2D eigenvalue weighted by molar-refractivity contribution is 6.20. The van der Waals surface area contributed by atoms with E-state index in [0.717, 1.165) is 19.3 Å². The Balaban J connectivity index is 2.43. The van der Waals surface area contributed by atoms with Crippen LogP contribution in [0.15, 0.2) is 0 Å². The molecule has 1 rings (SSSR count). The zero-order chi connectivity index (χ0) is 9.14. The molecule has 1 saturated carbocycles. The van der Waals surface area contributed by atoms with Crippen molar-refractivity contribution >= 4 is 17.5 Å². The van der Waals surface area contributed by atoms with E-state index in [9.17, 15) is 4.79 Å². The van der Waals surface area contributed by atoms with E-state index in [1.165, 1.54) is 0 Å². The van der Waals surface area contributed by atoms with Gasteiger partial charge in [-0.3, -0.25) is 4.79 Å². The van der Waals surface area contributed by atoms with Crippen LogP contribution in [0, 0.1) is 5.92 Å². The first kappa shape index (κ1) is 9.85. The predicted octanol–water partition coefficient (Wildman–Crippen LogP) is 1.92. The number of halogens is 1. The van der Waals surface area contributed by atoms with Crippen LogP contribution in [0.1, 0.15) is 33.1 Å². The molecular weight excluding hydrogens is 174 g/mol. The number of rotatable bonds is 1. The Morgan fingerprint density at radius 1 is 1.50 bits per heavy atom. The molecule has 0 bridgehead atoms. The fourth-order valence-corrected chi connectivity index (χ4v) is 2.05. The van der Waals surface area contributed by atoms with Crippen molar-refractivity contribution in [2.45, 2.75) is 44.5 Å². The molecule has 3 atom stereocenters. The Morgan fingerprint density at radius 2 is 2.17 bits per heavy atom. The van der Waals surface area contributed by atoms with Gasteiger partial charge in [-0.15, -0.1) is 11.6 Å². The first-order valence-electron chi connectivity index (χ1n) is 4.50. The van der Waals surface area contributed by atoms with Crippen molar-refractivity contribution in [1.29, 1.82) is 0 Å². The third-order valence-corrected chi connectivity index (χ3v) is 2.92. The minimum absolute atomic E-state index is 0.0533. The first-order valence-corrected chi connectivity index (χ1v) is 4.94. The van der Waals surface area contributed by atoms with Gasteiger partial charge in [-0.05, 0) is 25.2 Å². The Morgan fingerprint density at radius 3 is 2.75 bits per heavy atom. The van der Waals surface area contributed by atoms with Crippen LogP contribution in [0.2, 0.25) is 0 Å². The summed E-state index contributed by atoms with van der Waals surface area (Å²) in [5.74, 6) is 0.626. The highest BCUT2D eigenvalue weighted by Crippen LogP contribution is 2.27. The SMILES string of the molecule is CC(=O)N[C@@H]1C[C@@H](Cl)CC[C@H]1C. The second-order valence-corrected chi connectivity index (χ2v) is 4.31. The Kier molecular flexibility index (Phi) is 3.39. The van der Waals surface area contributed by atoms with Gasteiger partial charge >= 0.3 is 0 Å². The lowest BCUT2D eigenvalue weighted by Gasteiger charge is -2.31. The summed E-state index contributed by atoms with van der Waals surface area (Å²) in [7, 11) is 0. The Labute approximate surface area is 78.7 Å². The van der Waals surface area contributed by atoms with E-state index in [1.807, 2.05) is 0 Å². The van der Waals surface area contributed by atoms with Gasteiger partial charge in [-0.2, -0.15) is 0 Å². The number of carbonyl (C=O) groups is 1. The molecule has 0 aromatic carbocycles. The predicted molar refractivity (Wildman–Crippen MR) is 50.3 cm³/mol. The summed E-state index contributed by atoms with van der Waals surface area (Å²) in [5.41, 5.74) is 0. The van der Waals surface area contributed by atoms with E-state index < -0.39 is 0 Å². The minimum Gasteiger partial charge on any atom is -0.353 e. The standard InChI is InChI=1S/C9H16ClNO/c1-6-3-4-8(10)5-9(6)11-7(2)12/h6,8-9H,3-5H2,1-2H3,(H,11,12)/t6-,8+,9-/m1/s1. The maximum absolute atomic E-state index is 10.8. The molecule has 0 heterocycles. The summed E-state index contributed by atoms with van der Waals surface area (Å²) in [5, 5.41) is 3.19. The van der Waals surface area contributed by atoms with E-state index >= 15 is 0 Å². The molecule has 12 heavy (non-hydrogen) atoms. The lowest BCUT2D eigenvalue weighted by Crippen LogP contribution is -2.42. The van der Waals surface area contributed by atoms with Gasteiger partial charge in [0.1, 0.15) is 0 Å². The highest BCUT2D eigenvalue weighted by Gasteiger charge is 2.26. The van der Waals surface area contributed by atoms with E-state index in [-0.39, 0.29) is 11.3 Å². The fraction of sp³-hybridized carbons (Fsp3) is 0.889. The summed E-state index contributed by atoms with van der Waals surface area (Å²) in [4.78, 5) is 10.8. The molecule has 0 spiro atoms. The van der Waals surface area contributed by atoms with Crippen LogP contribution in [0.3, 0.4) is 0 Å². The molecule has 70 valence electrons. The van der Waals surface area contributed by atoms with Crippen LogP contribution in [0.5, 0.6) is 0 Å². The third-order valence-electron chi connectivity index (χ3n) is 2.52. The number of hydrogen-bond acceptors (Lipinski definition) is 1. The second-order valence-electron chi connectivity index (χ2n) is 3.69. The molecule has 0 aromatic heterocycles. The van der Waals surface area contributed by atoms with Crippen molar-refractivity contribution in [2.75, 3.05) is 0 Å². The number of nitrogens with one attached hydrogen (secondary N) is 1. The Hall–Kier alpha value is -0.240. The van der Waals surface area contributed by atoms with Crippen LogP contribution in [-0.4, -0.2) is 17.3 Å². The molecule has 1 fully saturated rings. The van der Waals surface area contributed by atoms with Crippen molar-refractivity contribution in [1.82, 2.24) is 5.32 Å². The normalized spacial score (nSPS) is 36.1. The third kappa shape index (κ3) is 2.67. The maximum Gasteiger partial charge on any atom is 0.217 e. The van der Waals surface area contributed by atoms with Crippen molar-refractivity contribution in [3.05, 3.63) is 0 Å². The number of alkyl halides is 1. The lowest BCUT2D eigenvalue weighted by molar-refractivity contribution is -0.120. The van der Waals surface area contributed by atoms with Crippen LogP contribution in [-0.2, 0) is 4.79 Å². The number of amides is 1. The van der Waals surface area contributed by atoms with Crippen LogP contribution < -0.4 is 5.32 Å². The van der Waals surface area contributed by atoms with Crippen molar-refractivity contribution in [3.8, 4) is 0 Å². The second kappa shape index (κ2) is 4.13. The van der Waals surface area contributed by atoms with Gasteiger partial charge in [0.25, 0.3) is 0 Å². The van der Waals surface area contributed by atoms with E-state index in [2.05, 4.69) is 12.2 Å². The van der Waals surface area contributed by atoms with Gasteiger partial charge in [0, 0.05) is 18.3 Å². The molecular formula is C9H16ClNO. The van der Waals surface area contributed by atoms with Gasteiger partial charge in [0.2, 0.25) is 5.91 Å². The van der Waals surface area contributed by atoms with E-state index in [4.69, 9.17) is 11.6 Å². The molecule has 3 heteroatoms. The molecule has 0 aliphatic heterocycles. The minimum atomic E-state index is 0.0533. The van der Waals surface area contributed by atoms with Crippen LogP contribution in [0.4, 0.5) is 0 Å². The summed E-state index contributed by atoms with van der Waals surface area (Å²) >= 11 is 6.01. The van der Waals surface area contributed by atoms with Crippen molar-refractivity contribution < 1.29 is 4.79 Å². The van der Waals surface area contributed by atoms with Crippen molar-refractivity contribution in [3.63, 3.8) is 0 Å². The molecule has 1 aliphatic rings. The number of carbonyl (C=O) groups excluding carboxylic acids is 1. The number of hydrogen-bond donors (Lipinski definition) is 1. The molecule has 0 saturated heterocycles. The molecule has 1 aliphatic carbocycles. The molecule has 2 nitrogen and oxygen atoms in total. The highest BCUT2D eigenvalue weighted by atomic mass is 35.5. The average Bonchev–Trinajstić information content (AvgIpc) is 1.96. The van der Waals surface area contributed by atoms with Gasteiger partial charge in [0.05, 0.1) is 0 Å². The largest absolute Gasteiger partial charge is 0.353 e. The van der Waals surface area contributed by atoms with Gasteiger partial charge in [-0.25, -0.2) is 0 Å². The zero-order valence-electron chi connectivity index (χ0n) is 7.64.